The minimum atomic E-state index is -0.461. The second kappa shape index (κ2) is 12.8. The number of aromatic nitrogens is 1. The number of ether oxygens (including phenoxy) is 2. The van der Waals surface area contributed by atoms with Gasteiger partial charge in [-0.25, -0.2) is 5.43 Å². The maximum atomic E-state index is 12.8. The number of amides is 1. The molecule has 2 aromatic heterocycles. The van der Waals surface area contributed by atoms with Gasteiger partial charge in [0.05, 0.1) is 6.21 Å². The fourth-order valence-corrected chi connectivity index (χ4v) is 5.21. The molecule has 0 spiro atoms. The maximum Gasteiger partial charge on any atom is 0.307 e. The Kier molecular flexibility index (Phi) is 8.28. The summed E-state index contributed by atoms with van der Waals surface area (Å²) >= 11 is 0. The van der Waals surface area contributed by atoms with Crippen LogP contribution >= 0.6 is 0 Å². The molecule has 0 unspecified atom stereocenters. The lowest BCUT2D eigenvalue weighted by atomic mass is 10.0. The van der Waals surface area contributed by atoms with E-state index >= 15 is 0 Å². The first-order valence-electron chi connectivity index (χ1n) is 14.4. The first-order chi connectivity index (χ1) is 21.4. The number of rotatable bonds is 10. The molecule has 0 aliphatic rings. The molecule has 4 aromatic carbocycles. The normalized spacial score (nSPS) is 11.2. The average molecular weight is 584 g/mol. The smallest absolute Gasteiger partial charge is 0.307 e. The summed E-state index contributed by atoms with van der Waals surface area (Å²) in [6, 6.07) is 35.5. The summed E-state index contributed by atoms with van der Waals surface area (Å²) in [5.74, 6) is 1.59. The largest absolute Gasteiger partial charge is 0.488 e. The highest BCUT2D eigenvalue weighted by Gasteiger charge is 2.13. The Labute approximate surface area is 256 Å². The molecule has 0 aliphatic carbocycles. The fourth-order valence-electron chi connectivity index (χ4n) is 5.21. The van der Waals surface area contributed by atoms with Gasteiger partial charge in [0.25, 0.3) is 0 Å². The van der Waals surface area contributed by atoms with Crippen LogP contribution in [0.5, 0.6) is 11.5 Å². The number of carbonyl (C=O) groups excluding carboxylic acids is 1. The van der Waals surface area contributed by atoms with E-state index in [4.69, 9.17) is 13.9 Å². The van der Waals surface area contributed by atoms with Crippen LogP contribution in [-0.4, -0.2) is 16.7 Å². The van der Waals surface area contributed by atoms with Gasteiger partial charge in [0.1, 0.15) is 30.5 Å². The number of hydrogen-bond acceptors (Lipinski definition) is 5. The zero-order chi connectivity index (χ0) is 30.5. The Morgan fingerprint density at radius 1 is 0.818 bits per heavy atom. The second-order valence-electron chi connectivity index (χ2n) is 10.7. The highest BCUT2D eigenvalue weighted by Crippen LogP contribution is 2.28. The summed E-state index contributed by atoms with van der Waals surface area (Å²) in [5.41, 5.74) is 9.02. The van der Waals surface area contributed by atoms with Crippen LogP contribution in [0.25, 0.3) is 16.5 Å². The highest BCUT2D eigenvalue weighted by molar-refractivity contribution is 6.03. The van der Waals surface area contributed by atoms with E-state index in [0.717, 1.165) is 27.6 Å². The van der Waals surface area contributed by atoms with E-state index in [1.54, 1.807) is 18.3 Å². The molecule has 0 atom stereocenters. The van der Waals surface area contributed by atoms with Gasteiger partial charge in [-0.3, -0.25) is 4.79 Å². The van der Waals surface area contributed by atoms with Crippen molar-refractivity contribution in [3.05, 3.63) is 149 Å². The lowest BCUT2D eigenvalue weighted by Gasteiger charge is -2.12. The SMILES string of the molecule is Cc1cccc(COc2ccc3ccccc3c2/C=N/NC(=O)c2ccc(COc3ccc(-n4c(C)ccc4C)cc3)o2)c1. The quantitative estimate of drug-likeness (QED) is 0.131. The molecule has 2 heterocycles. The highest BCUT2D eigenvalue weighted by atomic mass is 16.5. The Bertz CT molecular complexity index is 1930. The molecular weight excluding hydrogens is 550 g/mol. The Morgan fingerprint density at radius 3 is 2.41 bits per heavy atom. The topological polar surface area (TPSA) is 78.0 Å². The molecule has 44 heavy (non-hydrogen) atoms. The lowest BCUT2D eigenvalue weighted by Crippen LogP contribution is -2.17. The number of nitrogens with zero attached hydrogens (tertiary/aromatic N) is 2. The maximum absolute atomic E-state index is 12.8. The van der Waals surface area contributed by atoms with Crippen LogP contribution in [-0.2, 0) is 13.2 Å². The van der Waals surface area contributed by atoms with E-state index in [-0.39, 0.29) is 12.4 Å². The van der Waals surface area contributed by atoms with Crippen molar-refractivity contribution in [1.82, 2.24) is 9.99 Å². The van der Waals surface area contributed by atoms with E-state index in [1.165, 1.54) is 17.0 Å². The summed E-state index contributed by atoms with van der Waals surface area (Å²) in [6.07, 6.45) is 1.61. The second-order valence-corrected chi connectivity index (χ2v) is 10.7. The molecule has 1 amide bonds. The van der Waals surface area contributed by atoms with Crippen molar-refractivity contribution in [3.63, 3.8) is 0 Å². The summed E-state index contributed by atoms with van der Waals surface area (Å²) in [7, 11) is 0. The Balaban J connectivity index is 1.09. The molecule has 7 nitrogen and oxygen atoms in total. The van der Waals surface area contributed by atoms with Gasteiger partial charge in [-0.2, -0.15) is 5.10 Å². The first kappa shape index (κ1) is 28.6. The van der Waals surface area contributed by atoms with Crippen molar-refractivity contribution < 1.29 is 18.7 Å². The fraction of sp³-hybridized carbons (Fsp3) is 0.135. The number of nitrogens with one attached hydrogen (secondary N) is 1. The molecule has 6 aromatic rings. The van der Waals surface area contributed by atoms with E-state index in [1.807, 2.05) is 72.8 Å². The average Bonchev–Trinajstić information content (AvgIpc) is 3.65. The van der Waals surface area contributed by atoms with Crippen LogP contribution in [0.15, 0.2) is 119 Å². The van der Waals surface area contributed by atoms with Crippen molar-refractivity contribution in [1.29, 1.82) is 0 Å². The Morgan fingerprint density at radius 2 is 1.61 bits per heavy atom. The van der Waals surface area contributed by atoms with Crippen LogP contribution in [0, 0.1) is 20.8 Å². The first-order valence-corrected chi connectivity index (χ1v) is 14.4. The third-order valence-electron chi connectivity index (χ3n) is 7.40. The molecule has 0 fully saturated rings. The van der Waals surface area contributed by atoms with Crippen LogP contribution < -0.4 is 14.9 Å². The van der Waals surface area contributed by atoms with E-state index in [0.29, 0.717) is 23.9 Å². The molecular formula is C37H33N3O4. The van der Waals surface area contributed by atoms with Crippen LogP contribution in [0.2, 0.25) is 0 Å². The monoisotopic (exact) mass is 583 g/mol. The Hall–Kier alpha value is -5.56. The number of benzene rings is 4. The van der Waals surface area contributed by atoms with Gasteiger partial charge in [-0.15, -0.1) is 0 Å². The molecule has 0 radical (unpaired) electrons. The number of hydrazone groups is 1. The van der Waals surface area contributed by atoms with Crippen molar-refractivity contribution in [2.24, 2.45) is 5.10 Å². The van der Waals surface area contributed by atoms with Crippen molar-refractivity contribution in [2.45, 2.75) is 34.0 Å². The van der Waals surface area contributed by atoms with Crippen LogP contribution in [0.1, 0.15) is 44.4 Å². The molecule has 0 saturated carbocycles. The number of carbonyl (C=O) groups is 1. The molecule has 1 N–H and O–H groups in total. The van der Waals surface area contributed by atoms with Gasteiger partial charge in [-0.05, 0) is 91.7 Å². The zero-order valence-corrected chi connectivity index (χ0v) is 24.9. The van der Waals surface area contributed by atoms with E-state index in [2.05, 4.69) is 60.1 Å². The van der Waals surface area contributed by atoms with Gasteiger partial charge in [0.2, 0.25) is 0 Å². The summed E-state index contributed by atoms with van der Waals surface area (Å²) in [4.78, 5) is 12.8. The molecule has 220 valence electrons. The van der Waals surface area contributed by atoms with Gasteiger partial charge in [-0.1, -0.05) is 60.2 Å². The molecule has 0 bridgehead atoms. The van der Waals surface area contributed by atoms with Crippen molar-refractivity contribution >= 4 is 22.9 Å². The van der Waals surface area contributed by atoms with Gasteiger partial charge in [0.15, 0.2) is 5.76 Å². The molecule has 6 rings (SSSR count). The van der Waals surface area contributed by atoms with Gasteiger partial charge in [0, 0.05) is 22.6 Å². The predicted octanol–water partition coefficient (Wildman–Crippen LogP) is 8.07. The number of hydrogen-bond donors (Lipinski definition) is 1. The van der Waals surface area contributed by atoms with Crippen molar-refractivity contribution in [2.75, 3.05) is 0 Å². The van der Waals surface area contributed by atoms with Gasteiger partial charge >= 0.3 is 5.91 Å². The van der Waals surface area contributed by atoms with Crippen LogP contribution in [0.4, 0.5) is 0 Å². The summed E-state index contributed by atoms with van der Waals surface area (Å²) in [6.45, 7) is 6.82. The molecule has 0 saturated heterocycles. The third kappa shape index (κ3) is 6.42. The van der Waals surface area contributed by atoms with Gasteiger partial charge < -0.3 is 18.5 Å². The predicted molar refractivity (Wildman–Crippen MR) is 173 cm³/mol. The standard InChI is InChI=1S/C37H33N3O4/c1-25-7-6-8-28(21-25)23-43-35-19-13-29-9-4-5-10-33(29)34(35)22-38-39-37(41)36-20-18-32(44-36)24-42-31-16-14-30(15-17-31)40-26(2)11-12-27(40)3/h4-22H,23-24H2,1-3H3,(H,39,41)/b38-22+. The van der Waals surface area contributed by atoms with E-state index < -0.39 is 5.91 Å². The molecule has 0 aliphatic heterocycles. The number of furan rings is 1. The summed E-state index contributed by atoms with van der Waals surface area (Å²) in [5, 5.41) is 6.26. The summed E-state index contributed by atoms with van der Waals surface area (Å²) < 4.78 is 20.0. The number of fused-ring (bicyclic) bond motifs is 1. The van der Waals surface area contributed by atoms with Crippen LogP contribution in [0.3, 0.4) is 0 Å². The lowest BCUT2D eigenvalue weighted by molar-refractivity contribution is 0.0923. The van der Waals surface area contributed by atoms with E-state index in [9.17, 15) is 4.79 Å². The zero-order valence-electron chi connectivity index (χ0n) is 24.9. The minimum Gasteiger partial charge on any atom is -0.488 e. The molecule has 7 heteroatoms. The van der Waals surface area contributed by atoms with Crippen molar-refractivity contribution in [3.8, 4) is 17.2 Å². The third-order valence-corrected chi connectivity index (χ3v) is 7.40. The minimum absolute atomic E-state index is 0.142. The number of aryl methyl sites for hydroxylation is 3.